The Hall–Kier alpha value is -3.38. The Labute approximate surface area is 196 Å². The summed E-state index contributed by atoms with van der Waals surface area (Å²) in [7, 11) is -4.51. The number of sulfonamides is 1. The first-order valence-corrected chi connectivity index (χ1v) is 12.3. The van der Waals surface area contributed by atoms with Crippen molar-refractivity contribution >= 4 is 32.7 Å². The van der Waals surface area contributed by atoms with Crippen LogP contribution in [0.5, 0.6) is 0 Å². The summed E-state index contributed by atoms with van der Waals surface area (Å²) in [5.41, 5.74) is 0.0183. The largest absolute Gasteiger partial charge is 0.472 e. The van der Waals surface area contributed by atoms with Gasteiger partial charge in [0.05, 0.1) is 24.4 Å². The van der Waals surface area contributed by atoms with Gasteiger partial charge in [-0.05, 0) is 31.0 Å². The van der Waals surface area contributed by atoms with Gasteiger partial charge in [0.15, 0.2) is 5.78 Å². The van der Waals surface area contributed by atoms with Crippen LogP contribution in [0.15, 0.2) is 47.4 Å². The van der Waals surface area contributed by atoms with E-state index in [0.29, 0.717) is 12.8 Å². The molecule has 0 spiro atoms. The molecule has 12 heteroatoms. The lowest BCUT2D eigenvalue weighted by Crippen LogP contribution is -2.52. The molecule has 180 valence electrons. The fraction of sp³-hybridized carbons (Fsp3) is 0.409. The molecule has 0 aliphatic carbocycles. The molecule has 0 aromatic carbocycles. The SMILES string of the molecule is CCCC(NC(=O)c1ccoc1)C(=O)N1CCC2C1C(=O)CN2S(=O)(=O)C(=O)c1ccccn1. The minimum atomic E-state index is -4.51. The molecule has 2 aromatic heterocycles. The molecule has 34 heavy (non-hydrogen) atoms. The Bertz CT molecular complexity index is 1200. The van der Waals surface area contributed by atoms with Crippen molar-refractivity contribution in [2.24, 2.45) is 0 Å². The maximum Gasteiger partial charge on any atom is 0.310 e. The first-order valence-electron chi connectivity index (χ1n) is 10.9. The summed E-state index contributed by atoms with van der Waals surface area (Å²) in [5, 5.41) is 1.49. The predicted molar refractivity (Wildman–Crippen MR) is 118 cm³/mol. The van der Waals surface area contributed by atoms with Crippen molar-refractivity contribution < 1.29 is 32.0 Å². The van der Waals surface area contributed by atoms with Gasteiger partial charge in [0, 0.05) is 12.7 Å². The number of rotatable bonds is 7. The van der Waals surface area contributed by atoms with Gasteiger partial charge < -0.3 is 14.6 Å². The molecule has 3 atom stereocenters. The summed E-state index contributed by atoms with van der Waals surface area (Å²) in [6.07, 6.45) is 5.04. The Morgan fingerprint density at radius 2 is 2.06 bits per heavy atom. The lowest BCUT2D eigenvalue weighted by molar-refractivity contribution is -0.138. The van der Waals surface area contributed by atoms with Crippen LogP contribution in [0.4, 0.5) is 0 Å². The fourth-order valence-corrected chi connectivity index (χ4v) is 5.92. The Balaban J connectivity index is 1.53. The third-order valence-electron chi connectivity index (χ3n) is 6.04. The number of hydrogen-bond donors (Lipinski definition) is 1. The van der Waals surface area contributed by atoms with Gasteiger partial charge in [-0.2, -0.15) is 4.31 Å². The number of hydrogen-bond acceptors (Lipinski definition) is 8. The maximum atomic E-state index is 13.3. The number of ketones is 1. The molecule has 2 aliphatic heterocycles. The van der Waals surface area contributed by atoms with Crippen LogP contribution in [0, 0.1) is 0 Å². The summed E-state index contributed by atoms with van der Waals surface area (Å²) in [4.78, 5) is 56.4. The van der Waals surface area contributed by atoms with Gasteiger partial charge in [0.1, 0.15) is 24.0 Å². The number of furan rings is 1. The van der Waals surface area contributed by atoms with Crippen molar-refractivity contribution in [3.63, 3.8) is 0 Å². The van der Waals surface area contributed by atoms with Crippen molar-refractivity contribution in [3.8, 4) is 0 Å². The van der Waals surface area contributed by atoms with Gasteiger partial charge in [-0.1, -0.05) is 19.4 Å². The molecular formula is C22H24N4O7S. The van der Waals surface area contributed by atoms with Crippen LogP contribution in [0.25, 0.3) is 0 Å². The van der Waals surface area contributed by atoms with E-state index in [-0.39, 0.29) is 24.2 Å². The second kappa shape index (κ2) is 9.47. The van der Waals surface area contributed by atoms with E-state index < -0.39 is 57.4 Å². The molecular weight excluding hydrogens is 464 g/mol. The van der Waals surface area contributed by atoms with Gasteiger partial charge in [0.25, 0.3) is 15.9 Å². The summed E-state index contributed by atoms with van der Waals surface area (Å²) < 4.78 is 31.8. The molecule has 2 aromatic rings. The van der Waals surface area contributed by atoms with Crippen molar-refractivity contribution in [1.29, 1.82) is 0 Å². The van der Waals surface area contributed by atoms with Crippen LogP contribution in [0.3, 0.4) is 0 Å². The van der Waals surface area contributed by atoms with Crippen LogP contribution in [-0.4, -0.2) is 76.5 Å². The minimum Gasteiger partial charge on any atom is -0.472 e. The highest BCUT2D eigenvalue weighted by atomic mass is 32.2. The highest BCUT2D eigenvalue weighted by molar-refractivity contribution is 8.04. The van der Waals surface area contributed by atoms with Crippen LogP contribution in [0.1, 0.15) is 47.0 Å². The Morgan fingerprint density at radius 3 is 2.71 bits per heavy atom. The number of fused-ring (bicyclic) bond motifs is 1. The van der Waals surface area contributed by atoms with E-state index >= 15 is 0 Å². The highest BCUT2D eigenvalue weighted by Gasteiger charge is 2.55. The highest BCUT2D eigenvalue weighted by Crippen LogP contribution is 2.33. The summed E-state index contributed by atoms with van der Waals surface area (Å²) in [5.74, 6) is -1.42. The normalized spacial score (nSPS) is 21.3. The molecule has 4 rings (SSSR count). The van der Waals surface area contributed by atoms with E-state index in [0.717, 1.165) is 4.31 Å². The topological polar surface area (TPSA) is 147 Å². The second-order valence-corrected chi connectivity index (χ2v) is 9.97. The van der Waals surface area contributed by atoms with Gasteiger partial charge in [-0.3, -0.25) is 24.2 Å². The molecule has 2 aliphatic rings. The third-order valence-corrected chi connectivity index (χ3v) is 7.74. The number of carbonyl (C=O) groups is 4. The average molecular weight is 489 g/mol. The maximum absolute atomic E-state index is 13.3. The third kappa shape index (κ3) is 4.26. The summed E-state index contributed by atoms with van der Waals surface area (Å²) in [6, 6.07) is 3.06. The first-order chi connectivity index (χ1) is 16.3. The molecule has 0 radical (unpaired) electrons. The molecule has 3 unspecified atom stereocenters. The van der Waals surface area contributed by atoms with Gasteiger partial charge >= 0.3 is 5.12 Å². The number of nitrogens with zero attached hydrogens (tertiary/aromatic N) is 3. The summed E-state index contributed by atoms with van der Waals surface area (Å²) in [6.45, 7) is 1.49. The average Bonchev–Trinajstić information content (AvgIpc) is 3.57. The molecule has 2 amide bonds. The molecule has 2 saturated heterocycles. The molecule has 11 nitrogen and oxygen atoms in total. The number of amides is 2. The lowest BCUT2D eigenvalue weighted by atomic mass is 10.1. The van der Waals surface area contributed by atoms with Gasteiger partial charge in [-0.25, -0.2) is 8.42 Å². The van der Waals surface area contributed by atoms with Crippen molar-refractivity contribution in [2.45, 2.75) is 44.3 Å². The van der Waals surface area contributed by atoms with Crippen molar-refractivity contribution in [2.75, 3.05) is 13.1 Å². The number of carbonyl (C=O) groups excluding carboxylic acids is 4. The lowest BCUT2D eigenvalue weighted by Gasteiger charge is -2.28. The zero-order valence-electron chi connectivity index (χ0n) is 18.4. The van der Waals surface area contributed by atoms with Crippen LogP contribution >= 0.6 is 0 Å². The zero-order chi connectivity index (χ0) is 24.5. The number of pyridine rings is 1. The van der Waals surface area contributed by atoms with E-state index in [4.69, 9.17) is 4.42 Å². The van der Waals surface area contributed by atoms with Crippen LogP contribution in [-0.2, 0) is 19.6 Å². The quantitative estimate of drug-likeness (QED) is 0.596. The number of likely N-dealkylation sites (tertiary alicyclic amines) is 1. The summed E-state index contributed by atoms with van der Waals surface area (Å²) >= 11 is 0. The van der Waals surface area contributed by atoms with Gasteiger partial charge in [-0.15, -0.1) is 0 Å². The van der Waals surface area contributed by atoms with E-state index in [2.05, 4.69) is 10.3 Å². The van der Waals surface area contributed by atoms with E-state index in [9.17, 15) is 27.6 Å². The minimum absolute atomic E-state index is 0.130. The van der Waals surface area contributed by atoms with Gasteiger partial charge in [0.2, 0.25) is 5.91 Å². The number of Topliss-reactive ketones (excluding diaryl/α,β-unsaturated/α-hetero) is 1. The standard InChI is InChI=1S/C22H24N4O7S/c1-2-5-15(24-20(28)14-8-11-33-13-14)21(29)25-10-7-17-19(25)18(27)12-26(17)34(31,32)22(30)16-6-3-4-9-23-16/h3-4,6,8-9,11,13,15,17,19H,2,5,7,10,12H2,1H3,(H,24,28). The number of nitrogens with one attached hydrogen (secondary N) is 1. The Kier molecular flexibility index (Phi) is 6.62. The molecule has 0 bridgehead atoms. The fourth-order valence-electron chi connectivity index (χ4n) is 4.44. The predicted octanol–water partition coefficient (Wildman–Crippen LogP) is 0.598. The van der Waals surface area contributed by atoms with E-state index in [1.807, 2.05) is 6.92 Å². The molecule has 2 fully saturated rings. The molecule has 4 heterocycles. The van der Waals surface area contributed by atoms with Crippen LogP contribution in [0.2, 0.25) is 0 Å². The second-order valence-electron chi connectivity index (χ2n) is 8.18. The smallest absolute Gasteiger partial charge is 0.310 e. The molecule has 0 saturated carbocycles. The van der Waals surface area contributed by atoms with Crippen molar-refractivity contribution in [3.05, 3.63) is 54.2 Å². The zero-order valence-corrected chi connectivity index (χ0v) is 19.2. The van der Waals surface area contributed by atoms with Crippen LogP contribution < -0.4 is 5.32 Å². The van der Waals surface area contributed by atoms with E-state index in [1.54, 1.807) is 6.07 Å². The van der Waals surface area contributed by atoms with E-state index in [1.165, 1.54) is 41.8 Å². The number of aromatic nitrogens is 1. The van der Waals surface area contributed by atoms with Crippen molar-refractivity contribution in [1.82, 2.24) is 19.5 Å². The monoisotopic (exact) mass is 488 g/mol. The first kappa shape index (κ1) is 23.8. The Morgan fingerprint density at radius 1 is 1.26 bits per heavy atom. The molecule has 1 N–H and O–H groups in total.